The average molecular weight is 254 g/mol. The molecule has 0 saturated carbocycles. The van der Waals surface area contributed by atoms with Gasteiger partial charge in [0.2, 0.25) is 0 Å². The summed E-state index contributed by atoms with van der Waals surface area (Å²) in [5.74, 6) is 1.42. The molecule has 0 amide bonds. The lowest BCUT2D eigenvalue weighted by Crippen LogP contribution is -2.28. The van der Waals surface area contributed by atoms with E-state index in [1.807, 2.05) is 12.1 Å². The molecule has 0 saturated heterocycles. The van der Waals surface area contributed by atoms with E-state index < -0.39 is 0 Å². The fourth-order valence-corrected chi connectivity index (χ4v) is 1.98. The Kier molecular flexibility index (Phi) is 6.01. The van der Waals surface area contributed by atoms with E-state index in [0.717, 1.165) is 23.9 Å². The Morgan fingerprint density at radius 2 is 1.94 bits per heavy atom. The average Bonchev–Trinajstić information content (AvgIpc) is 2.29. The maximum Gasteiger partial charge on any atom is 0.0409 e. The second-order valence-electron chi connectivity index (χ2n) is 5.15. The topological polar surface area (TPSA) is 12.0 Å². The summed E-state index contributed by atoms with van der Waals surface area (Å²) in [6.07, 6.45) is 1.09. The Morgan fingerprint density at radius 3 is 2.47 bits per heavy atom. The molecule has 0 aliphatic carbocycles. The molecule has 17 heavy (non-hydrogen) atoms. The molecular formula is C15H24ClN. The molecule has 0 radical (unpaired) electrons. The molecule has 1 aromatic carbocycles. The molecule has 1 nitrogen and oxygen atoms in total. The van der Waals surface area contributed by atoms with Gasteiger partial charge in [-0.2, -0.15) is 0 Å². The van der Waals surface area contributed by atoms with E-state index in [9.17, 15) is 0 Å². The summed E-state index contributed by atoms with van der Waals surface area (Å²) in [5.41, 5.74) is 1.29. The number of benzene rings is 1. The maximum absolute atomic E-state index is 6.03. The van der Waals surface area contributed by atoms with Crippen molar-refractivity contribution in [3.63, 3.8) is 0 Å². The van der Waals surface area contributed by atoms with E-state index in [-0.39, 0.29) is 0 Å². The van der Waals surface area contributed by atoms with Gasteiger partial charge in [0.15, 0.2) is 0 Å². The third-order valence-corrected chi connectivity index (χ3v) is 3.72. The van der Waals surface area contributed by atoms with E-state index in [4.69, 9.17) is 11.6 Å². The van der Waals surface area contributed by atoms with Crippen molar-refractivity contribution in [2.24, 2.45) is 11.8 Å². The van der Waals surface area contributed by atoms with Crippen LogP contribution in [0.5, 0.6) is 0 Å². The fraction of sp³-hybridized carbons (Fsp3) is 0.600. The van der Waals surface area contributed by atoms with Gasteiger partial charge in [0.1, 0.15) is 0 Å². The number of hydrogen-bond donors (Lipinski definition) is 1. The van der Waals surface area contributed by atoms with E-state index in [1.165, 1.54) is 5.56 Å². The monoisotopic (exact) mass is 253 g/mol. The van der Waals surface area contributed by atoms with Crippen molar-refractivity contribution in [2.45, 2.75) is 40.2 Å². The van der Waals surface area contributed by atoms with Gasteiger partial charge in [0, 0.05) is 11.1 Å². The highest BCUT2D eigenvalue weighted by molar-refractivity contribution is 6.30. The molecule has 1 aromatic rings. The fourth-order valence-electron chi connectivity index (χ4n) is 1.79. The maximum atomic E-state index is 6.03. The minimum Gasteiger partial charge on any atom is -0.310 e. The Morgan fingerprint density at radius 1 is 1.24 bits per heavy atom. The zero-order valence-corrected chi connectivity index (χ0v) is 12.1. The van der Waals surface area contributed by atoms with Crippen LogP contribution in [0, 0.1) is 11.8 Å². The first-order valence-electron chi connectivity index (χ1n) is 6.53. The van der Waals surface area contributed by atoms with Crippen LogP contribution in [-0.2, 0) is 0 Å². The summed E-state index contributed by atoms with van der Waals surface area (Å²) in [6, 6.07) is 8.56. The third kappa shape index (κ3) is 4.69. The molecule has 2 unspecified atom stereocenters. The third-order valence-electron chi connectivity index (χ3n) is 3.48. The van der Waals surface area contributed by atoms with Crippen LogP contribution in [0.3, 0.4) is 0 Å². The highest BCUT2D eigenvalue weighted by atomic mass is 35.5. The SMILES string of the molecule is CCC(NCC(C)C(C)C)c1cccc(Cl)c1. The molecule has 1 rings (SSSR count). The number of nitrogens with one attached hydrogen (secondary N) is 1. The highest BCUT2D eigenvalue weighted by Gasteiger charge is 2.12. The van der Waals surface area contributed by atoms with Gasteiger partial charge in [-0.15, -0.1) is 0 Å². The normalized spacial score (nSPS) is 14.9. The van der Waals surface area contributed by atoms with Gasteiger partial charge in [-0.05, 0) is 42.5 Å². The van der Waals surface area contributed by atoms with Crippen LogP contribution in [0.1, 0.15) is 45.7 Å². The second-order valence-corrected chi connectivity index (χ2v) is 5.58. The lowest BCUT2D eigenvalue weighted by Gasteiger charge is -2.22. The molecule has 0 bridgehead atoms. The van der Waals surface area contributed by atoms with Gasteiger partial charge in [0.05, 0.1) is 0 Å². The number of hydrogen-bond acceptors (Lipinski definition) is 1. The minimum atomic E-state index is 0.412. The number of rotatable bonds is 6. The van der Waals surface area contributed by atoms with E-state index in [0.29, 0.717) is 12.0 Å². The summed E-state index contributed by atoms with van der Waals surface area (Å²) in [6.45, 7) is 10.1. The molecule has 0 aliphatic heterocycles. The Balaban J connectivity index is 2.60. The zero-order chi connectivity index (χ0) is 12.8. The quantitative estimate of drug-likeness (QED) is 0.777. The largest absolute Gasteiger partial charge is 0.310 e. The van der Waals surface area contributed by atoms with Crippen molar-refractivity contribution in [3.05, 3.63) is 34.9 Å². The molecule has 2 heteroatoms. The van der Waals surface area contributed by atoms with Gasteiger partial charge in [0.25, 0.3) is 0 Å². The van der Waals surface area contributed by atoms with Gasteiger partial charge in [-0.1, -0.05) is 51.4 Å². The van der Waals surface area contributed by atoms with Gasteiger partial charge >= 0.3 is 0 Å². The molecular weight excluding hydrogens is 230 g/mol. The van der Waals surface area contributed by atoms with Gasteiger partial charge in [-0.3, -0.25) is 0 Å². The van der Waals surface area contributed by atoms with Crippen LogP contribution in [0.4, 0.5) is 0 Å². The van der Waals surface area contributed by atoms with Crippen LogP contribution in [0.15, 0.2) is 24.3 Å². The number of halogens is 1. The van der Waals surface area contributed by atoms with E-state index in [2.05, 4.69) is 45.1 Å². The van der Waals surface area contributed by atoms with Gasteiger partial charge < -0.3 is 5.32 Å². The first-order chi connectivity index (χ1) is 8.04. The van der Waals surface area contributed by atoms with Crippen LogP contribution in [0.25, 0.3) is 0 Å². The lowest BCUT2D eigenvalue weighted by atomic mass is 9.97. The Labute approximate surface area is 111 Å². The molecule has 2 atom stereocenters. The van der Waals surface area contributed by atoms with E-state index in [1.54, 1.807) is 0 Å². The predicted molar refractivity (Wildman–Crippen MR) is 76.5 cm³/mol. The second kappa shape index (κ2) is 7.03. The Bertz CT molecular complexity index is 335. The lowest BCUT2D eigenvalue weighted by molar-refractivity contribution is 0.366. The van der Waals surface area contributed by atoms with Crippen molar-refractivity contribution in [1.29, 1.82) is 0 Å². The van der Waals surface area contributed by atoms with Crippen LogP contribution in [0.2, 0.25) is 5.02 Å². The molecule has 0 spiro atoms. The summed E-state index contributed by atoms with van der Waals surface area (Å²) >= 11 is 6.03. The molecule has 96 valence electrons. The first-order valence-corrected chi connectivity index (χ1v) is 6.91. The van der Waals surface area contributed by atoms with Crippen molar-refractivity contribution < 1.29 is 0 Å². The molecule has 0 aliphatic rings. The summed E-state index contributed by atoms with van der Waals surface area (Å²) < 4.78 is 0. The molecule has 1 N–H and O–H groups in total. The summed E-state index contributed by atoms with van der Waals surface area (Å²) in [4.78, 5) is 0. The Hall–Kier alpha value is -0.530. The van der Waals surface area contributed by atoms with Crippen molar-refractivity contribution in [3.8, 4) is 0 Å². The summed E-state index contributed by atoms with van der Waals surface area (Å²) in [5, 5.41) is 4.45. The van der Waals surface area contributed by atoms with Crippen molar-refractivity contribution in [1.82, 2.24) is 5.32 Å². The van der Waals surface area contributed by atoms with Crippen LogP contribution < -0.4 is 5.32 Å². The van der Waals surface area contributed by atoms with Crippen molar-refractivity contribution >= 4 is 11.6 Å². The summed E-state index contributed by atoms with van der Waals surface area (Å²) in [7, 11) is 0. The zero-order valence-electron chi connectivity index (χ0n) is 11.3. The molecule has 0 aromatic heterocycles. The standard InChI is InChI=1S/C15H24ClN/c1-5-15(17-10-12(4)11(2)3)13-7-6-8-14(16)9-13/h6-9,11-12,15,17H,5,10H2,1-4H3. The minimum absolute atomic E-state index is 0.412. The van der Waals surface area contributed by atoms with E-state index >= 15 is 0 Å². The predicted octanol–water partition coefficient (Wildman–Crippen LogP) is 4.67. The van der Waals surface area contributed by atoms with Crippen molar-refractivity contribution in [2.75, 3.05) is 6.54 Å². The highest BCUT2D eigenvalue weighted by Crippen LogP contribution is 2.21. The smallest absolute Gasteiger partial charge is 0.0409 e. The first kappa shape index (κ1) is 14.5. The van der Waals surface area contributed by atoms with Crippen LogP contribution >= 0.6 is 11.6 Å². The molecule has 0 fully saturated rings. The van der Waals surface area contributed by atoms with Gasteiger partial charge in [-0.25, -0.2) is 0 Å². The van der Waals surface area contributed by atoms with Crippen LogP contribution in [-0.4, -0.2) is 6.54 Å². The molecule has 0 heterocycles.